The fourth-order valence-electron chi connectivity index (χ4n) is 4.56. The number of fused-ring (bicyclic) bond motifs is 1. The average Bonchev–Trinajstić information content (AvgIpc) is 3.40. The summed E-state index contributed by atoms with van der Waals surface area (Å²) in [5.41, 5.74) is 3.62. The van der Waals surface area contributed by atoms with Gasteiger partial charge < -0.3 is 9.15 Å². The van der Waals surface area contributed by atoms with Gasteiger partial charge in [-0.15, -0.1) is 11.8 Å². The summed E-state index contributed by atoms with van der Waals surface area (Å²) in [5, 5.41) is 0.705. The van der Waals surface area contributed by atoms with Gasteiger partial charge in [-0.1, -0.05) is 51.5 Å². The lowest BCUT2D eigenvalue weighted by molar-refractivity contribution is -0.367. The van der Waals surface area contributed by atoms with E-state index in [2.05, 4.69) is 24.3 Å². The first-order valence-electron chi connectivity index (χ1n) is 14.2. The molecule has 1 aromatic heterocycles. The first-order valence-corrected chi connectivity index (χ1v) is 15.2. The number of alkyl halides is 8. The van der Waals surface area contributed by atoms with Gasteiger partial charge in [0.1, 0.15) is 11.3 Å². The van der Waals surface area contributed by atoms with E-state index in [4.69, 9.17) is 4.42 Å². The van der Waals surface area contributed by atoms with E-state index in [9.17, 15) is 39.9 Å². The second-order valence-corrected chi connectivity index (χ2v) is 11.6. The molecule has 0 aliphatic carbocycles. The number of benzene rings is 2. The Kier molecular flexibility index (Phi) is 11.6. The number of hydrogen-bond donors (Lipinski definition) is 0. The average molecular weight is 651 g/mol. The van der Waals surface area contributed by atoms with Gasteiger partial charge in [-0.05, 0) is 54.7 Å². The van der Waals surface area contributed by atoms with Crippen LogP contribution in [0.2, 0.25) is 0 Å². The van der Waals surface area contributed by atoms with Crippen LogP contribution in [0.3, 0.4) is 0 Å². The van der Waals surface area contributed by atoms with E-state index in [0.717, 1.165) is 43.2 Å². The summed E-state index contributed by atoms with van der Waals surface area (Å²) in [5.74, 6) is -25.3. The number of furan rings is 1. The van der Waals surface area contributed by atoms with Crippen LogP contribution >= 0.6 is 11.8 Å². The Hall–Kier alpha value is -3.02. The molecule has 0 aliphatic heterocycles. The van der Waals surface area contributed by atoms with Crippen molar-refractivity contribution in [1.82, 2.24) is 0 Å². The van der Waals surface area contributed by atoms with Crippen LogP contribution in [0.5, 0.6) is 0 Å². The van der Waals surface area contributed by atoms with Crippen molar-refractivity contribution in [3.63, 3.8) is 0 Å². The number of carbonyl (C=O) groups excluding carboxylic acids is 1. The standard InChI is InChI=1S/C32H34F8O3S/c1-4-7-8-9-21-10-13-25(22(5-2)18-21)27-19-23-11-12-24(20-26(23)43-27)44-17-15-30(35,36)32(39,40)31(37,38)29(33,34)14-16-42-28(41)6-3/h6,10-13,18-20H,3-5,7-9,14-17H2,1-2H3. The van der Waals surface area contributed by atoms with Crippen molar-refractivity contribution in [1.29, 1.82) is 0 Å². The predicted molar refractivity (Wildman–Crippen MR) is 155 cm³/mol. The summed E-state index contributed by atoms with van der Waals surface area (Å²) < 4.78 is 124. The Morgan fingerprint density at radius 2 is 1.59 bits per heavy atom. The van der Waals surface area contributed by atoms with Gasteiger partial charge in [-0.2, -0.15) is 35.1 Å². The Balaban J connectivity index is 1.69. The maximum atomic E-state index is 14.4. The largest absolute Gasteiger partial charge is 0.462 e. The topological polar surface area (TPSA) is 39.4 Å². The third-order valence-electron chi connectivity index (χ3n) is 7.20. The number of carbonyl (C=O) groups is 1. The van der Waals surface area contributed by atoms with Crippen LogP contribution in [0.25, 0.3) is 22.3 Å². The molecule has 2 aromatic carbocycles. The predicted octanol–water partition coefficient (Wildman–Crippen LogP) is 10.5. The van der Waals surface area contributed by atoms with E-state index in [-0.39, 0.29) is 0 Å². The molecule has 0 N–H and O–H groups in total. The van der Waals surface area contributed by atoms with E-state index < -0.39 is 54.9 Å². The van der Waals surface area contributed by atoms with Crippen LogP contribution in [-0.4, -0.2) is 42.0 Å². The Morgan fingerprint density at radius 3 is 2.23 bits per heavy atom. The highest BCUT2D eigenvalue weighted by Gasteiger charge is 2.79. The van der Waals surface area contributed by atoms with Crippen LogP contribution in [0.15, 0.2) is 64.4 Å². The number of ether oxygens (including phenoxy) is 1. The van der Waals surface area contributed by atoms with Crippen molar-refractivity contribution in [2.24, 2.45) is 0 Å². The van der Waals surface area contributed by atoms with Crippen molar-refractivity contribution >= 4 is 28.7 Å². The van der Waals surface area contributed by atoms with Gasteiger partial charge in [0.05, 0.1) is 13.0 Å². The SMILES string of the molecule is C=CC(=O)OCCC(F)(F)C(F)(F)C(F)(F)C(F)(F)CCSc1ccc2cc(-c3ccc(CCCCC)cc3CC)oc2c1. The zero-order chi connectivity index (χ0) is 32.8. The molecule has 1 heterocycles. The molecule has 0 fully saturated rings. The van der Waals surface area contributed by atoms with E-state index in [1.165, 1.54) is 17.7 Å². The lowest BCUT2D eigenvalue weighted by Crippen LogP contribution is -2.62. The molecule has 0 spiro atoms. The third-order valence-corrected chi connectivity index (χ3v) is 8.20. The highest BCUT2D eigenvalue weighted by Crippen LogP contribution is 2.54. The van der Waals surface area contributed by atoms with Crippen LogP contribution in [0.1, 0.15) is 57.1 Å². The highest BCUT2D eigenvalue weighted by atomic mass is 32.2. The zero-order valence-electron chi connectivity index (χ0n) is 24.3. The van der Waals surface area contributed by atoms with Gasteiger partial charge in [0.2, 0.25) is 0 Å². The molecule has 0 amide bonds. The molecule has 242 valence electrons. The van der Waals surface area contributed by atoms with Crippen LogP contribution in [-0.2, 0) is 22.4 Å². The van der Waals surface area contributed by atoms with E-state index in [1.54, 1.807) is 6.07 Å². The number of hydrogen-bond acceptors (Lipinski definition) is 4. The second kappa shape index (κ2) is 14.4. The molecular weight excluding hydrogens is 616 g/mol. The molecule has 0 atom stereocenters. The molecule has 0 saturated carbocycles. The molecule has 0 saturated heterocycles. The van der Waals surface area contributed by atoms with Crippen LogP contribution in [0.4, 0.5) is 35.1 Å². The number of rotatable bonds is 17. The monoisotopic (exact) mass is 650 g/mol. The maximum Gasteiger partial charge on any atom is 0.378 e. The van der Waals surface area contributed by atoms with Gasteiger partial charge in [0.25, 0.3) is 0 Å². The zero-order valence-corrected chi connectivity index (χ0v) is 25.2. The first-order chi connectivity index (χ1) is 20.6. The van der Waals surface area contributed by atoms with E-state index >= 15 is 0 Å². The smallest absolute Gasteiger partial charge is 0.378 e. The van der Waals surface area contributed by atoms with Gasteiger partial charge in [0.15, 0.2) is 0 Å². The van der Waals surface area contributed by atoms with Crippen molar-refractivity contribution in [2.45, 2.75) is 87.4 Å². The maximum absolute atomic E-state index is 14.4. The van der Waals surface area contributed by atoms with Crippen molar-refractivity contribution in [3.8, 4) is 11.3 Å². The minimum atomic E-state index is -6.43. The van der Waals surface area contributed by atoms with E-state index in [0.29, 0.717) is 39.5 Å². The molecule has 3 nitrogen and oxygen atoms in total. The molecule has 0 aliphatic rings. The van der Waals surface area contributed by atoms with Gasteiger partial charge in [0, 0.05) is 34.1 Å². The Bertz CT molecular complexity index is 1430. The minimum Gasteiger partial charge on any atom is -0.462 e. The lowest BCUT2D eigenvalue weighted by atomic mass is 9.95. The molecule has 3 aromatic rings. The molecule has 0 bridgehead atoms. The molecule has 44 heavy (non-hydrogen) atoms. The van der Waals surface area contributed by atoms with Gasteiger partial charge >= 0.3 is 29.7 Å². The van der Waals surface area contributed by atoms with Crippen molar-refractivity contribution < 1.29 is 49.1 Å². The summed E-state index contributed by atoms with van der Waals surface area (Å²) >= 11 is 0.667. The van der Waals surface area contributed by atoms with Crippen molar-refractivity contribution in [3.05, 3.63) is 66.2 Å². The van der Waals surface area contributed by atoms with Gasteiger partial charge in [-0.3, -0.25) is 0 Å². The summed E-state index contributed by atoms with van der Waals surface area (Å²) in [4.78, 5) is 11.2. The number of thioether (sulfide) groups is 1. The number of aryl methyl sites for hydroxylation is 2. The fourth-order valence-corrected chi connectivity index (χ4v) is 5.51. The number of unbranched alkanes of at least 4 members (excludes halogenated alkanes) is 2. The molecule has 0 unspecified atom stereocenters. The number of esters is 1. The summed E-state index contributed by atoms with van der Waals surface area (Å²) in [7, 11) is 0. The number of halogens is 8. The van der Waals surface area contributed by atoms with Crippen LogP contribution < -0.4 is 0 Å². The molecule has 12 heteroatoms. The van der Waals surface area contributed by atoms with Crippen LogP contribution in [0, 0.1) is 0 Å². The fraction of sp³-hybridized carbons (Fsp3) is 0.469. The third kappa shape index (κ3) is 7.79. The highest BCUT2D eigenvalue weighted by molar-refractivity contribution is 7.99. The molecule has 3 rings (SSSR count). The summed E-state index contributed by atoms with van der Waals surface area (Å²) in [6, 6.07) is 12.7. The summed E-state index contributed by atoms with van der Waals surface area (Å²) in [6.45, 7) is 5.73. The Labute approximate surface area is 255 Å². The van der Waals surface area contributed by atoms with Crippen molar-refractivity contribution in [2.75, 3.05) is 12.4 Å². The van der Waals surface area contributed by atoms with Gasteiger partial charge in [-0.25, -0.2) is 4.79 Å². The minimum absolute atomic E-state index is 0.334. The molecular formula is C32H34F8O3S. The normalized spacial score (nSPS) is 13.0. The summed E-state index contributed by atoms with van der Waals surface area (Å²) in [6.07, 6.45) is 1.74. The quantitative estimate of drug-likeness (QED) is 0.0479. The lowest BCUT2D eigenvalue weighted by Gasteiger charge is -2.36. The van der Waals surface area contributed by atoms with E-state index in [1.807, 2.05) is 25.1 Å². The Morgan fingerprint density at radius 1 is 0.909 bits per heavy atom. The first kappa shape index (κ1) is 35.5. The molecule has 0 radical (unpaired) electrons. The second-order valence-electron chi connectivity index (χ2n) is 10.4.